The zero-order valence-corrected chi connectivity index (χ0v) is 7.13. The first kappa shape index (κ1) is 7.56. The number of fused-ring (bicyclic) bond motifs is 1. The summed E-state index contributed by atoms with van der Waals surface area (Å²) in [6, 6.07) is 14.7. The van der Waals surface area contributed by atoms with E-state index in [4.69, 9.17) is 0 Å². The van der Waals surface area contributed by atoms with E-state index in [1.54, 1.807) is 0 Å². The Balaban J connectivity index is 0.000000500. The van der Waals surface area contributed by atoms with Crippen LogP contribution in [-0.4, -0.2) is 0 Å². The molecule has 0 aromatic heterocycles. The summed E-state index contributed by atoms with van der Waals surface area (Å²) in [5, 5.41) is 2.66. The summed E-state index contributed by atoms with van der Waals surface area (Å²) in [7, 11) is 0. The molecule has 0 atom stereocenters. The fourth-order valence-electron chi connectivity index (χ4n) is 1.07. The van der Waals surface area contributed by atoms with Crippen LogP contribution in [0.1, 0.15) is 0 Å². The number of rotatable bonds is 0. The second-order valence-electron chi connectivity index (χ2n) is 2.15. The van der Waals surface area contributed by atoms with Crippen LogP contribution in [0.15, 0.2) is 42.5 Å². The molecule has 2 aromatic rings. The Morgan fingerprint density at radius 3 is 2.60 bits per heavy atom. The minimum Gasteiger partial charge on any atom is -0.168 e. The van der Waals surface area contributed by atoms with E-state index in [1.165, 1.54) is 10.8 Å². The quantitative estimate of drug-likeness (QED) is 0.469. The van der Waals surface area contributed by atoms with Crippen LogP contribution in [0.3, 0.4) is 0 Å². The topological polar surface area (TPSA) is 0 Å². The van der Waals surface area contributed by atoms with E-state index in [1.807, 2.05) is 0 Å². The summed E-state index contributed by atoms with van der Waals surface area (Å²) < 4.78 is 0. The van der Waals surface area contributed by atoms with Crippen LogP contribution in [0.25, 0.3) is 10.8 Å². The predicted octanol–water partition coefficient (Wildman–Crippen LogP) is 2.56. The van der Waals surface area contributed by atoms with Crippen LogP contribution in [0.4, 0.5) is 0 Å². The van der Waals surface area contributed by atoms with Gasteiger partial charge in [-0.1, -0.05) is 6.07 Å². The van der Waals surface area contributed by atoms with Crippen LogP contribution >= 0.6 is 0 Å². The first-order valence-electron chi connectivity index (χ1n) is 3.07. The molecule has 0 spiro atoms. The smallest absolute Gasteiger partial charge is 0.168 e. The van der Waals surface area contributed by atoms with Crippen molar-refractivity contribution in [2.24, 2.45) is 0 Å². The Kier molecular flexibility index (Phi) is 2.29. The molecule has 0 radical (unpaired) electrons. The van der Waals surface area contributed by atoms with E-state index in [0.717, 1.165) is 0 Å². The standard InChI is InChI=1S/C9H7.Ru/c1-2-5-9-7-3-6-8(9)4-1;/h1-7H;/q-1;+2. The van der Waals surface area contributed by atoms with Crippen LogP contribution in [0.5, 0.6) is 0 Å². The molecular formula is C9H7Ru+. The summed E-state index contributed by atoms with van der Waals surface area (Å²) in [6.45, 7) is 0. The van der Waals surface area contributed by atoms with Gasteiger partial charge in [-0.2, -0.15) is 17.5 Å². The largest absolute Gasteiger partial charge is 2.00 e. The number of hydrogen-bond acceptors (Lipinski definition) is 0. The molecule has 0 aliphatic heterocycles. The molecular weight excluding hydrogens is 209 g/mol. The van der Waals surface area contributed by atoms with Crippen molar-refractivity contribution in [1.29, 1.82) is 0 Å². The van der Waals surface area contributed by atoms with Gasteiger partial charge >= 0.3 is 19.5 Å². The monoisotopic (exact) mass is 217 g/mol. The van der Waals surface area contributed by atoms with Gasteiger partial charge in [-0.05, 0) is 0 Å². The maximum absolute atomic E-state index is 2.12. The van der Waals surface area contributed by atoms with Gasteiger partial charge in [0.1, 0.15) is 0 Å². The molecule has 0 aliphatic rings. The SMILES string of the molecule is [Ru+2].c1ccc2[cH-]ccc2c1. The molecule has 0 saturated carbocycles. The zero-order valence-electron chi connectivity index (χ0n) is 5.40. The maximum atomic E-state index is 2.12. The van der Waals surface area contributed by atoms with E-state index < -0.39 is 0 Å². The molecule has 0 amide bonds. The second-order valence-corrected chi connectivity index (χ2v) is 2.15. The average Bonchev–Trinajstić information content (AvgIpc) is 2.33. The first-order chi connectivity index (χ1) is 4.47. The van der Waals surface area contributed by atoms with Gasteiger partial charge in [0.05, 0.1) is 0 Å². The van der Waals surface area contributed by atoms with Gasteiger partial charge in [0, 0.05) is 0 Å². The Bertz CT molecular complexity index is 279. The number of hydrogen-bond donors (Lipinski definition) is 0. The van der Waals surface area contributed by atoms with E-state index in [2.05, 4.69) is 42.5 Å². The van der Waals surface area contributed by atoms with Crippen molar-refractivity contribution in [3.8, 4) is 0 Å². The second kappa shape index (κ2) is 3.03. The van der Waals surface area contributed by atoms with E-state index >= 15 is 0 Å². The third-order valence-electron chi connectivity index (χ3n) is 1.55. The maximum Gasteiger partial charge on any atom is 2.00 e. The summed E-state index contributed by atoms with van der Waals surface area (Å²) in [5.41, 5.74) is 0. The summed E-state index contributed by atoms with van der Waals surface area (Å²) >= 11 is 0. The molecule has 50 valence electrons. The fourth-order valence-corrected chi connectivity index (χ4v) is 1.07. The van der Waals surface area contributed by atoms with Crippen LogP contribution in [0, 0.1) is 0 Å². The molecule has 0 aliphatic carbocycles. The molecule has 2 aromatic carbocycles. The molecule has 0 fully saturated rings. The van der Waals surface area contributed by atoms with Crippen molar-refractivity contribution in [3.63, 3.8) is 0 Å². The van der Waals surface area contributed by atoms with E-state index in [9.17, 15) is 0 Å². The Morgan fingerprint density at radius 1 is 1.00 bits per heavy atom. The van der Waals surface area contributed by atoms with Crippen molar-refractivity contribution in [3.05, 3.63) is 42.5 Å². The number of benzene rings is 1. The predicted molar refractivity (Wildman–Crippen MR) is 39.5 cm³/mol. The normalized spacial score (nSPS) is 9.20. The first-order valence-corrected chi connectivity index (χ1v) is 3.07. The van der Waals surface area contributed by atoms with Crippen molar-refractivity contribution >= 4 is 10.8 Å². The summed E-state index contributed by atoms with van der Waals surface area (Å²) in [4.78, 5) is 0. The molecule has 0 saturated heterocycles. The van der Waals surface area contributed by atoms with Crippen molar-refractivity contribution in [2.75, 3.05) is 0 Å². The van der Waals surface area contributed by atoms with Crippen molar-refractivity contribution in [2.45, 2.75) is 0 Å². The van der Waals surface area contributed by atoms with Gasteiger partial charge in [0.2, 0.25) is 0 Å². The molecule has 0 bridgehead atoms. The van der Waals surface area contributed by atoms with Crippen molar-refractivity contribution in [1.82, 2.24) is 0 Å². The Labute approximate surface area is 73.0 Å². The average molecular weight is 216 g/mol. The Hall–Kier alpha value is -0.547. The minimum absolute atomic E-state index is 0. The molecule has 0 N–H and O–H groups in total. The molecule has 10 heavy (non-hydrogen) atoms. The van der Waals surface area contributed by atoms with Gasteiger partial charge < -0.3 is 0 Å². The summed E-state index contributed by atoms with van der Waals surface area (Å²) in [6.07, 6.45) is 0. The third kappa shape index (κ3) is 1.15. The van der Waals surface area contributed by atoms with Gasteiger partial charge in [-0.15, -0.1) is 29.7 Å². The van der Waals surface area contributed by atoms with E-state index in [-0.39, 0.29) is 19.5 Å². The van der Waals surface area contributed by atoms with Gasteiger partial charge in [0.15, 0.2) is 0 Å². The van der Waals surface area contributed by atoms with Crippen LogP contribution < -0.4 is 0 Å². The van der Waals surface area contributed by atoms with Crippen molar-refractivity contribution < 1.29 is 19.5 Å². The Morgan fingerprint density at radius 2 is 1.80 bits per heavy atom. The molecule has 0 unspecified atom stereocenters. The van der Waals surface area contributed by atoms with Gasteiger partial charge in [-0.25, -0.2) is 0 Å². The van der Waals surface area contributed by atoms with Gasteiger partial charge in [-0.3, -0.25) is 0 Å². The molecule has 2 rings (SSSR count). The molecule has 0 heterocycles. The fraction of sp³-hybridized carbons (Fsp3) is 0. The van der Waals surface area contributed by atoms with Gasteiger partial charge in [0.25, 0.3) is 0 Å². The molecule has 1 heteroatoms. The zero-order chi connectivity index (χ0) is 6.10. The van der Waals surface area contributed by atoms with Crippen LogP contribution in [0.2, 0.25) is 0 Å². The van der Waals surface area contributed by atoms with E-state index in [0.29, 0.717) is 0 Å². The van der Waals surface area contributed by atoms with Crippen LogP contribution in [-0.2, 0) is 19.5 Å². The minimum atomic E-state index is 0. The summed E-state index contributed by atoms with van der Waals surface area (Å²) in [5.74, 6) is 0. The third-order valence-corrected chi connectivity index (χ3v) is 1.55. The molecule has 0 nitrogen and oxygen atoms in total.